The molecule has 0 aliphatic rings. The summed E-state index contributed by atoms with van der Waals surface area (Å²) < 4.78 is 43.4. The number of hydrogen-bond acceptors (Lipinski definition) is 2. The second-order valence-electron chi connectivity index (χ2n) is 5.89. The van der Waals surface area contributed by atoms with Crippen LogP contribution in [0.25, 0.3) is 32.7 Å². The molecule has 5 heteroatoms. The number of hydrogen-bond donors (Lipinski definition) is 1. The van der Waals surface area contributed by atoms with Gasteiger partial charge in [-0.05, 0) is 33.7 Å². The zero-order valence-electron chi connectivity index (χ0n) is 13.4. The molecule has 1 nitrogen and oxygen atoms in total. The van der Waals surface area contributed by atoms with Crippen molar-refractivity contribution in [3.05, 3.63) is 72.8 Å². The Morgan fingerprint density at radius 1 is 0.654 bits per heavy atom. The van der Waals surface area contributed by atoms with Crippen molar-refractivity contribution in [2.75, 3.05) is 0 Å². The van der Waals surface area contributed by atoms with E-state index >= 15 is 0 Å². The van der Waals surface area contributed by atoms with Crippen molar-refractivity contribution in [1.82, 2.24) is 0 Å². The van der Waals surface area contributed by atoms with Crippen LogP contribution >= 0.6 is 12.6 Å². The van der Waals surface area contributed by atoms with Gasteiger partial charge in [0, 0.05) is 16.0 Å². The van der Waals surface area contributed by atoms with Crippen LogP contribution in [0, 0.1) is 0 Å². The highest BCUT2D eigenvalue weighted by molar-refractivity contribution is 7.80. The van der Waals surface area contributed by atoms with Crippen LogP contribution < -0.4 is 4.74 Å². The van der Waals surface area contributed by atoms with Crippen molar-refractivity contribution in [3.63, 3.8) is 0 Å². The number of thiol groups is 1. The first kappa shape index (κ1) is 16.8. The summed E-state index contributed by atoms with van der Waals surface area (Å²) in [5, 5.41) is 3.26. The van der Waals surface area contributed by atoms with Gasteiger partial charge in [0.05, 0.1) is 0 Å². The van der Waals surface area contributed by atoms with E-state index in [2.05, 4.69) is 17.4 Å². The average Bonchev–Trinajstić information content (AvgIpc) is 2.61. The number of rotatable bonds is 2. The molecule has 0 unspecified atom stereocenters. The third kappa shape index (κ3) is 2.99. The van der Waals surface area contributed by atoms with Gasteiger partial charge in [-0.15, -0.1) is 25.8 Å². The van der Waals surface area contributed by atoms with E-state index in [1.54, 1.807) is 24.3 Å². The molecule has 0 atom stereocenters. The number of ether oxygens (including phenoxy) is 1. The van der Waals surface area contributed by atoms with Gasteiger partial charge >= 0.3 is 6.36 Å². The van der Waals surface area contributed by atoms with Crippen LogP contribution in [0.5, 0.6) is 5.75 Å². The van der Waals surface area contributed by atoms with Crippen molar-refractivity contribution in [3.8, 4) is 16.9 Å². The molecule has 0 aliphatic carbocycles. The summed E-state index contributed by atoms with van der Waals surface area (Å²) in [6.45, 7) is 0. The summed E-state index contributed by atoms with van der Waals surface area (Å²) in [7, 11) is 0. The predicted octanol–water partition coefficient (Wildman–Crippen LogP) is 6.85. The molecule has 4 aromatic rings. The third-order valence-corrected chi connectivity index (χ3v) is 4.65. The second kappa shape index (κ2) is 6.25. The Bertz CT molecular complexity index is 1120. The standard InChI is InChI=1S/C21H13F3OS/c22-21(23,24)25-17-11-9-13-5-1-3-7-15(13)19(17)20-16-8-4-2-6-14(16)10-12-18(20)26/h1-12,26H. The first-order valence-corrected chi connectivity index (χ1v) is 8.37. The molecule has 0 amide bonds. The molecule has 0 radical (unpaired) electrons. The van der Waals surface area contributed by atoms with Crippen molar-refractivity contribution < 1.29 is 17.9 Å². The van der Waals surface area contributed by atoms with Crippen molar-refractivity contribution in [2.45, 2.75) is 11.3 Å². The summed E-state index contributed by atoms with van der Waals surface area (Å²) in [4.78, 5) is 0.590. The lowest BCUT2D eigenvalue weighted by atomic mass is 9.93. The maximum Gasteiger partial charge on any atom is 0.573 e. The highest BCUT2D eigenvalue weighted by Crippen LogP contribution is 2.44. The summed E-state index contributed by atoms with van der Waals surface area (Å²) >= 11 is 4.53. The molecule has 0 aliphatic heterocycles. The van der Waals surface area contributed by atoms with Gasteiger partial charge in [-0.2, -0.15) is 0 Å². The highest BCUT2D eigenvalue weighted by atomic mass is 32.1. The fraction of sp³-hybridized carbons (Fsp3) is 0.0476. The van der Waals surface area contributed by atoms with E-state index in [4.69, 9.17) is 0 Å². The fourth-order valence-electron chi connectivity index (χ4n) is 3.24. The third-order valence-electron chi connectivity index (χ3n) is 4.27. The van der Waals surface area contributed by atoms with Gasteiger partial charge < -0.3 is 4.74 Å². The maximum absolute atomic E-state index is 13.0. The normalized spacial score (nSPS) is 11.8. The Kier molecular flexibility index (Phi) is 4.04. The summed E-state index contributed by atoms with van der Waals surface area (Å²) in [5.74, 6) is -0.233. The Morgan fingerprint density at radius 2 is 1.19 bits per heavy atom. The number of halogens is 3. The zero-order chi connectivity index (χ0) is 18.3. The van der Waals surface area contributed by atoms with Crippen LogP contribution in [0.3, 0.4) is 0 Å². The molecule has 4 rings (SSSR count). The molecule has 0 bridgehead atoms. The number of fused-ring (bicyclic) bond motifs is 2. The van der Waals surface area contributed by atoms with E-state index in [0.29, 0.717) is 21.4 Å². The van der Waals surface area contributed by atoms with E-state index in [1.807, 2.05) is 42.5 Å². The lowest BCUT2D eigenvalue weighted by molar-refractivity contribution is -0.274. The topological polar surface area (TPSA) is 9.23 Å². The number of benzene rings is 4. The SMILES string of the molecule is FC(F)(F)Oc1ccc2ccccc2c1-c1c(S)ccc2ccccc12. The van der Waals surface area contributed by atoms with Crippen molar-refractivity contribution in [1.29, 1.82) is 0 Å². The van der Waals surface area contributed by atoms with Crippen LogP contribution in [0.1, 0.15) is 0 Å². The van der Waals surface area contributed by atoms with Crippen LogP contribution in [-0.4, -0.2) is 6.36 Å². The van der Waals surface area contributed by atoms with E-state index < -0.39 is 6.36 Å². The minimum absolute atomic E-state index is 0.233. The quantitative estimate of drug-likeness (QED) is 0.380. The smallest absolute Gasteiger partial charge is 0.405 e. The lowest BCUT2D eigenvalue weighted by Gasteiger charge is -2.18. The molecule has 0 saturated heterocycles. The monoisotopic (exact) mass is 370 g/mol. The Morgan fingerprint density at radius 3 is 1.81 bits per heavy atom. The Balaban J connectivity index is 2.14. The fourth-order valence-corrected chi connectivity index (χ4v) is 3.55. The van der Waals surface area contributed by atoms with Crippen LogP contribution in [0.4, 0.5) is 13.2 Å². The van der Waals surface area contributed by atoms with Gasteiger partial charge in [0.25, 0.3) is 0 Å². The molecule has 0 aromatic heterocycles. The number of alkyl halides is 3. The van der Waals surface area contributed by atoms with Gasteiger partial charge in [-0.3, -0.25) is 0 Å². The lowest BCUT2D eigenvalue weighted by Crippen LogP contribution is -2.17. The van der Waals surface area contributed by atoms with Gasteiger partial charge in [0.2, 0.25) is 0 Å². The first-order valence-electron chi connectivity index (χ1n) is 7.92. The van der Waals surface area contributed by atoms with Crippen LogP contribution in [0.15, 0.2) is 77.7 Å². The summed E-state index contributed by atoms with van der Waals surface area (Å²) in [6.07, 6.45) is -4.78. The largest absolute Gasteiger partial charge is 0.573 e. The zero-order valence-corrected chi connectivity index (χ0v) is 14.3. The van der Waals surface area contributed by atoms with Crippen molar-refractivity contribution in [2.24, 2.45) is 0 Å². The summed E-state index contributed by atoms with van der Waals surface area (Å²) in [5.41, 5.74) is 1.02. The van der Waals surface area contributed by atoms with Gasteiger partial charge in [-0.25, -0.2) is 0 Å². The van der Waals surface area contributed by atoms with E-state index in [0.717, 1.165) is 16.2 Å². The van der Waals surface area contributed by atoms with E-state index in [9.17, 15) is 13.2 Å². The van der Waals surface area contributed by atoms with E-state index in [1.165, 1.54) is 6.07 Å². The van der Waals surface area contributed by atoms with Gasteiger partial charge in [0.1, 0.15) is 5.75 Å². The Hall–Kier alpha value is -2.66. The minimum atomic E-state index is -4.78. The maximum atomic E-state index is 13.0. The molecule has 130 valence electrons. The molecule has 0 spiro atoms. The van der Waals surface area contributed by atoms with E-state index in [-0.39, 0.29) is 5.75 Å². The van der Waals surface area contributed by atoms with Crippen LogP contribution in [-0.2, 0) is 0 Å². The average molecular weight is 370 g/mol. The molecule has 26 heavy (non-hydrogen) atoms. The molecular weight excluding hydrogens is 357 g/mol. The molecular formula is C21H13F3OS. The van der Waals surface area contributed by atoms with Gasteiger partial charge in [0.15, 0.2) is 0 Å². The molecule has 0 heterocycles. The molecule has 4 aromatic carbocycles. The second-order valence-corrected chi connectivity index (χ2v) is 6.37. The molecule has 0 fully saturated rings. The highest BCUT2D eigenvalue weighted by Gasteiger charge is 2.33. The molecule has 0 N–H and O–H groups in total. The van der Waals surface area contributed by atoms with Crippen LogP contribution in [0.2, 0.25) is 0 Å². The van der Waals surface area contributed by atoms with Gasteiger partial charge in [-0.1, -0.05) is 60.7 Å². The summed E-state index contributed by atoms with van der Waals surface area (Å²) in [6, 6.07) is 21.5. The Labute approximate surface area is 153 Å². The minimum Gasteiger partial charge on any atom is -0.405 e. The van der Waals surface area contributed by atoms with Crippen molar-refractivity contribution >= 4 is 34.2 Å². The first-order chi connectivity index (χ1) is 12.4. The molecule has 0 saturated carbocycles. The predicted molar refractivity (Wildman–Crippen MR) is 101 cm³/mol.